The molecule has 0 aromatic heterocycles. The van der Waals surface area contributed by atoms with Crippen LogP contribution in [-0.4, -0.2) is 56.4 Å². The Balaban J connectivity index is 1.49. The average Bonchev–Trinajstić information content (AvgIpc) is 2.86. The standard InChI is InChI=1S/C15H28N2O3S/c1-21(18,19)17-9-4-13(5-10-17)16-14-6-11-20-15(12-14)7-2-3-8-15/h13-14,16H,2-12H2,1H3. The molecular weight excluding hydrogens is 288 g/mol. The average molecular weight is 316 g/mol. The molecule has 2 aliphatic heterocycles. The second kappa shape index (κ2) is 6.14. The molecule has 6 heteroatoms. The van der Waals surface area contributed by atoms with E-state index in [4.69, 9.17) is 4.74 Å². The summed E-state index contributed by atoms with van der Waals surface area (Å²) >= 11 is 0. The molecule has 1 N–H and O–H groups in total. The fraction of sp³-hybridized carbons (Fsp3) is 1.00. The minimum atomic E-state index is -3.02. The summed E-state index contributed by atoms with van der Waals surface area (Å²) in [5.41, 5.74) is 0.156. The lowest BCUT2D eigenvalue weighted by Crippen LogP contribution is -2.52. The Labute approximate surface area is 128 Å². The van der Waals surface area contributed by atoms with Crippen LogP contribution in [-0.2, 0) is 14.8 Å². The van der Waals surface area contributed by atoms with Crippen molar-refractivity contribution < 1.29 is 13.2 Å². The maximum atomic E-state index is 11.5. The Hall–Kier alpha value is -0.170. The molecule has 3 rings (SSSR count). The first-order valence-electron chi connectivity index (χ1n) is 8.32. The molecule has 0 aromatic rings. The van der Waals surface area contributed by atoms with Crippen LogP contribution < -0.4 is 5.32 Å². The molecular formula is C15H28N2O3S. The first-order chi connectivity index (χ1) is 9.97. The predicted octanol–water partition coefficient (Wildman–Crippen LogP) is 1.49. The quantitative estimate of drug-likeness (QED) is 0.857. The number of nitrogens with one attached hydrogen (secondary N) is 1. The molecule has 5 nitrogen and oxygen atoms in total. The zero-order valence-corrected chi connectivity index (χ0v) is 13.8. The van der Waals surface area contributed by atoms with E-state index in [0.29, 0.717) is 25.2 Å². The van der Waals surface area contributed by atoms with Crippen molar-refractivity contribution in [2.75, 3.05) is 26.0 Å². The molecule has 0 amide bonds. The van der Waals surface area contributed by atoms with Crippen LogP contribution in [0.3, 0.4) is 0 Å². The van der Waals surface area contributed by atoms with E-state index in [1.165, 1.54) is 31.9 Å². The number of piperidine rings is 1. The van der Waals surface area contributed by atoms with Gasteiger partial charge in [-0.3, -0.25) is 0 Å². The summed E-state index contributed by atoms with van der Waals surface area (Å²) in [4.78, 5) is 0. The summed E-state index contributed by atoms with van der Waals surface area (Å²) < 4.78 is 30.8. The van der Waals surface area contributed by atoms with Crippen molar-refractivity contribution in [1.82, 2.24) is 9.62 Å². The second-order valence-electron chi connectivity index (χ2n) is 7.03. The van der Waals surface area contributed by atoms with Crippen molar-refractivity contribution in [2.24, 2.45) is 0 Å². The van der Waals surface area contributed by atoms with Crippen molar-refractivity contribution in [3.63, 3.8) is 0 Å². The van der Waals surface area contributed by atoms with Crippen LogP contribution in [0, 0.1) is 0 Å². The third kappa shape index (κ3) is 3.78. The Kier molecular flexibility index (Phi) is 4.60. The van der Waals surface area contributed by atoms with Gasteiger partial charge in [0, 0.05) is 31.8 Å². The molecule has 21 heavy (non-hydrogen) atoms. The molecule has 0 aromatic carbocycles. The van der Waals surface area contributed by atoms with E-state index in [9.17, 15) is 8.42 Å². The topological polar surface area (TPSA) is 58.6 Å². The van der Waals surface area contributed by atoms with Gasteiger partial charge in [0.2, 0.25) is 10.0 Å². The van der Waals surface area contributed by atoms with Crippen LogP contribution >= 0.6 is 0 Å². The van der Waals surface area contributed by atoms with E-state index in [1.807, 2.05) is 0 Å². The largest absolute Gasteiger partial charge is 0.375 e. The molecule has 1 unspecified atom stereocenters. The first-order valence-corrected chi connectivity index (χ1v) is 10.2. The van der Waals surface area contributed by atoms with Gasteiger partial charge in [-0.05, 0) is 38.5 Å². The first kappa shape index (κ1) is 15.7. The molecule has 2 heterocycles. The molecule has 0 radical (unpaired) electrons. The van der Waals surface area contributed by atoms with Crippen molar-refractivity contribution in [3.05, 3.63) is 0 Å². The normalized spacial score (nSPS) is 31.8. The molecule has 1 spiro atoms. The number of nitrogens with zero attached hydrogens (tertiary/aromatic N) is 1. The zero-order valence-electron chi connectivity index (χ0n) is 13.0. The summed E-state index contributed by atoms with van der Waals surface area (Å²) in [6.45, 7) is 2.19. The molecule has 1 atom stereocenters. The lowest BCUT2D eigenvalue weighted by molar-refractivity contribution is -0.0851. The van der Waals surface area contributed by atoms with E-state index in [1.54, 1.807) is 4.31 Å². The number of hydrogen-bond donors (Lipinski definition) is 1. The van der Waals surface area contributed by atoms with Crippen LogP contribution in [0.4, 0.5) is 0 Å². The molecule has 122 valence electrons. The molecule has 1 aliphatic carbocycles. The van der Waals surface area contributed by atoms with Gasteiger partial charge in [0.15, 0.2) is 0 Å². The Bertz CT molecular complexity index is 452. The molecule has 2 saturated heterocycles. The van der Waals surface area contributed by atoms with Gasteiger partial charge in [-0.25, -0.2) is 12.7 Å². The van der Waals surface area contributed by atoms with Gasteiger partial charge in [-0.1, -0.05) is 12.8 Å². The number of sulfonamides is 1. The van der Waals surface area contributed by atoms with E-state index >= 15 is 0 Å². The summed E-state index contributed by atoms with van der Waals surface area (Å²) in [5.74, 6) is 0. The highest BCUT2D eigenvalue weighted by molar-refractivity contribution is 7.88. The highest BCUT2D eigenvalue weighted by Crippen LogP contribution is 2.40. The fourth-order valence-electron chi connectivity index (χ4n) is 4.23. The SMILES string of the molecule is CS(=O)(=O)N1CCC(NC2CCOC3(CCCC3)C2)CC1. The van der Waals surface area contributed by atoms with Gasteiger partial charge in [0.05, 0.1) is 11.9 Å². The number of rotatable bonds is 3. The Morgan fingerprint density at radius 3 is 2.38 bits per heavy atom. The Morgan fingerprint density at radius 1 is 1.10 bits per heavy atom. The van der Waals surface area contributed by atoms with Gasteiger partial charge >= 0.3 is 0 Å². The summed E-state index contributed by atoms with van der Waals surface area (Å²) in [6.07, 6.45) is 10.4. The summed E-state index contributed by atoms with van der Waals surface area (Å²) in [7, 11) is -3.02. The molecule has 1 saturated carbocycles. The van der Waals surface area contributed by atoms with Crippen LogP contribution in [0.5, 0.6) is 0 Å². The van der Waals surface area contributed by atoms with Gasteiger partial charge in [0.1, 0.15) is 0 Å². The molecule has 3 fully saturated rings. The van der Waals surface area contributed by atoms with Crippen molar-refractivity contribution >= 4 is 10.0 Å². The van der Waals surface area contributed by atoms with E-state index in [-0.39, 0.29) is 5.60 Å². The maximum absolute atomic E-state index is 11.5. The highest BCUT2D eigenvalue weighted by atomic mass is 32.2. The van der Waals surface area contributed by atoms with E-state index in [0.717, 1.165) is 32.3 Å². The van der Waals surface area contributed by atoms with Crippen molar-refractivity contribution in [1.29, 1.82) is 0 Å². The molecule has 0 bridgehead atoms. The fourth-order valence-corrected chi connectivity index (χ4v) is 5.10. The lowest BCUT2D eigenvalue weighted by Gasteiger charge is -2.41. The third-order valence-electron chi connectivity index (χ3n) is 5.40. The van der Waals surface area contributed by atoms with Crippen LogP contribution in [0.1, 0.15) is 51.4 Å². The van der Waals surface area contributed by atoms with Crippen molar-refractivity contribution in [3.8, 4) is 0 Å². The molecule has 3 aliphatic rings. The van der Waals surface area contributed by atoms with Gasteiger partial charge in [-0.2, -0.15) is 0 Å². The van der Waals surface area contributed by atoms with E-state index in [2.05, 4.69) is 5.32 Å². The second-order valence-corrected chi connectivity index (χ2v) is 9.01. The Morgan fingerprint density at radius 2 is 1.76 bits per heavy atom. The van der Waals surface area contributed by atoms with E-state index < -0.39 is 10.0 Å². The van der Waals surface area contributed by atoms with Gasteiger partial charge in [0.25, 0.3) is 0 Å². The summed E-state index contributed by atoms with van der Waals surface area (Å²) in [5, 5.41) is 3.78. The minimum absolute atomic E-state index is 0.156. The third-order valence-corrected chi connectivity index (χ3v) is 6.71. The number of hydrogen-bond acceptors (Lipinski definition) is 4. The predicted molar refractivity (Wildman–Crippen MR) is 82.7 cm³/mol. The minimum Gasteiger partial charge on any atom is -0.375 e. The lowest BCUT2D eigenvalue weighted by atomic mass is 9.88. The van der Waals surface area contributed by atoms with Crippen LogP contribution in [0.15, 0.2) is 0 Å². The smallest absolute Gasteiger partial charge is 0.211 e. The number of ether oxygens (including phenoxy) is 1. The van der Waals surface area contributed by atoms with Crippen LogP contribution in [0.2, 0.25) is 0 Å². The van der Waals surface area contributed by atoms with Gasteiger partial charge in [-0.15, -0.1) is 0 Å². The van der Waals surface area contributed by atoms with Gasteiger partial charge < -0.3 is 10.1 Å². The van der Waals surface area contributed by atoms with Crippen LogP contribution in [0.25, 0.3) is 0 Å². The summed E-state index contributed by atoms with van der Waals surface area (Å²) in [6, 6.07) is 1.01. The monoisotopic (exact) mass is 316 g/mol. The highest BCUT2D eigenvalue weighted by Gasteiger charge is 2.40. The maximum Gasteiger partial charge on any atom is 0.211 e. The zero-order chi connectivity index (χ0) is 14.9. The van der Waals surface area contributed by atoms with Crippen molar-refractivity contribution in [2.45, 2.75) is 69.1 Å².